The Kier molecular flexibility index (Phi) is 4.05. The third-order valence-electron chi connectivity index (χ3n) is 0.782. The van der Waals surface area contributed by atoms with Crippen molar-refractivity contribution in [3.63, 3.8) is 0 Å². The molecule has 12 heavy (non-hydrogen) atoms. The van der Waals surface area contributed by atoms with E-state index in [1.807, 2.05) is 0 Å². The smallest absolute Gasteiger partial charge is 0.429 e. The molecule has 0 fully saturated rings. The number of carbonyl (C=O) groups is 1. The van der Waals surface area contributed by atoms with Crippen molar-refractivity contribution < 1.29 is 22.5 Å². The van der Waals surface area contributed by atoms with Crippen molar-refractivity contribution in [1.82, 2.24) is 0 Å². The van der Waals surface area contributed by atoms with Gasteiger partial charge in [0.05, 0.1) is 6.10 Å². The summed E-state index contributed by atoms with van der Waals surface area (Å²) in [5.74, 6) is -1.87. The summed E-state index contributed by atoms with van der Waals surface area (Å²) >= 11 is 0. The number of rotatable bonds is 3. The Morgan fingerprint density at radius 2 is 2.00 bits per heavy atom. The molecule has 0 bridgehead atoms. The summed E-state index contributed by atoms with van der Waals surface area (Å²) in [6, 6.07) is 0. The number of esters is 1. The largest absolute Gasteiger partial charge is 0.458 e. The minimum absolute atomic E-state index is 0.691. The van der Waals surface area contributed by atoms with Gasteiger partial charge < -0.3 is 4.74 Å². The molecule has 0 radical (unpaired) electrons. The zero-order chi connectivity index (χ0) is 9.94. The molecule has 0 unspecified atom stereocenters. The van der Waals surface area contributed by atoms with Crippen LogP contribution in [0, 0.1) is 0 Å². The van der Waals surface area contributed by atoms with Crippen molar-refractivity contribution in [1.29, 1.82) is 0 Å². The van der Waals surface area contributed by atoms with Gasteiger partial charge in [-0.05, 0) is 24.5 Å². The van der Waals surface area contributed by atoms with Crippen LogP contribution in [0.5, 0.6) is 0 Å². The second-order valence-electron chi connectivity index (χ2n) is 2.19. The van der Waals surface area contributed by atoms with Crippen LogP contribution in [0.15, 0.2) is 0 Å². The molecule has 3 nitrogen and oxygen atoms in total. The van der Waals surface area contributed by atoms with Gasteiger partial charge in [-0.3, -0.25) is 0 Å². The third kappa shape index (κ3) is 3.02. The molecule has 0 rings (SSSR count). The molecular formula is C5H7ClF2O3S. The van der Waals surface area contributed by atoms with E-state index in [0.717, 1.165) is 0 Å². The van der Waals surface area contributed by atoms with Crippen molar-refractivity contribution in [3.05, 3.63) is 0 Å². The van der Waals surface area contributed by atoms with Crippen LogP contribution in [0.1, 0.15) is 13.8 Å². The molecule has 0 saturated carbocycles. The number of carbonyl (C=O) groups excluding carboxylic acids is 1. The van der Waals surface area contributed by atoms with E-state index in [-0.39, 0.29) is 0 Å². The summed E-state index contributed by atoms with van der Waals surface area (Å²) in [4.78, 5) is 10.5. The maximum Gasteiger partial charge on any atom is 0.429 e. The van der Waals surface area contributed by atoms with E-state index in [4.69, 9.17) is 0 Å². The summed E-state index contributed by atoms with van der Waals surface area (Å²) in [5, 5.41) is -4.13. The van der Waals surface area contributed by atoms with Gasteiger partial charge in [0.2, 0.25) is 0 Å². The van der Waals surface area contributed by atoms with E-state index in [1.54, 1.807) is 0 Å². The van der Waals surface area contributed by atoms with Gasteiger partial charge in [0.1, 0.15) is 0 Å². The first-order chi connectivity index (χ1) is 5.28. The quantitative estimate of drug-likeness (QED) is 0.534. The first-order valence-corrected chi connectivity index (χ1v) is 4.93. The summed E-state index contributed by atoms with van der Waals surface area (Å²) in [6.07, 6.45) is -0.691. The number of alkyl halides is 2. The van der Waals surface area contributed by atoms with E-state index in [0.29, 0.717) is 0 Å². The molecule has 0 aromatic heterocycles. The topological polar surface area (TPSA) is 43.4 Å². The predicted octanol–water partition coefficient (Wildman–Crippen LogP) is 1.43. The standard InChI is InChI=1S/C5H7ClF2O3S/c1-3(2)11-4(9)5(7,8)12(6)10/h3H,1-2H3/t12-/m0/s1. The molecule has 0 aromatic carbocycles. The lowest BCUT2D eigenvalue weighted by atomic mass is 10.5. The molecule has 0 saturated heterocycles. The Balaban J connectivity index is 4.36. The molecule has 0 aliphatic rings. The SMILES string of the molecule is CC(C)OC(=O)C(F)(F)[S@](=O)Cl. The van der Waals surface area contributed by atoms with Crippen molar-refractivity contribution >= 4 is 26.7 Å². The molecule has 72 valence electrons. The van der Waals surface area contributed by atoms with Crippen molar-refractivity contribution in [2.45, 2.75) is 25.2 Å². The highest BCUT2D eigenvalue weighted by Crippen LogP contribution is 2.23. The lowest BCUT2D eigenvalue weighted by Gasteiger charge is -2.12. The summed E-state index contributed by atoms with van der Waals surface area (Å²) < 4.78 is 39.0. The molecule has 0 heterocycles. The minimum Gasteiger partial charge on any atom is -0.458 e. The van der Waals surface area contributed by atoms with Gasteiger partial charge in [0.15, 0.2) is 10.0 Å². The van der Waals surface area contributed by atoms with Gasteiger partial charge in [0.25, 0.3) is 0 Å². The lowest BCUT2D eigenvalue weighted by Crippen LogP contribution is -2.34. The van der Waals surface area contributed by atoms with Crippen molar-refractivity contribution in [2.75, 3.05) is 0 Å². The van der Waals surface area contributed by atoms with Crippen LogP contribution in [-0.2, 0) is 19.5 Å². The number of hydrogen-bond donors (Lipinski definition) is 0. The fourth-order valence-electron chi connectivity index (χ4n) is 0.348. The van der Waals surface area contributed by atoms with E-state index in [1.165, 1.54) is 13.8 Å². The fourth-order valence-corrected chi connectivity index (χ4v) is 0.716. The van der Waals surface area contributed by atoms with Crippen molar-refractivity contribution in [3.8, 4) is 0 Å². The van der Waals surface area contributed by atoms with Crippen LogP contribution in [0.3, 0.4) is 0 Å². The summed E-state index contributed by atoms with van der Waals surface area (Å²) in [5.41, 5.74) is 0. The predicted molar refractivity (Wildman–Crippen MR) is 40.2 cm³/mol. The highest BCUT2D eigenvalue weighted by Gasteiger charge is 2.47. The molecule has 0 amide bonds. The molecule has 0 aromatic rings. The maximum absolute atomic E-state index is 12.4. The Morgan fingerprint density at radius 3 is 2.25 bits per heavy atom. The molecule has 0 aliphatic heterocycles. The number of halogens is 3. The first-order valence-electron chi connectivity index (χ1n) is 2.95. The summed E-state index contributed by atoms with van der Waals surface area (Å²) in [7, 11) is 1.51. The Bertz CT molecular complexity index is 207. The second-order valence-corrected chi connectivity index (χ2v) is 3.99. The second kappa shape index (κ2) is 4.13. The van der Waals surface area contributed by atoms with E-state index >= 15 is 0 Å². The van der Waals surface area contributed by atoms with Crippen LogP contribution >= 0.6 is 10.7 Å². The van der Waals surface area contributed by atoms with E-state index < -0.39 is 27.3 Å². The first kappa shape index (κ1) is 11.8. The monoisotopic (exact) mass is 220 g/mol. The van der Waals surface area contributed by atoms with Crippen LogP contribution < -0.4 is 0 Å². The van der Waals surface area contributed by atoms with Crippen LogP contribution in [0.25, 0.3) is 0 Å². The van der Waals surface area contributed by atoms with Gasteiger partial charge in [-0.25, -0.2) is 9.00 Å². The number of hydrogen-bond acceptors (Lipinski definition) is 3. The normalized spacial score (nSPS) is 14.5. The molecule has 7 heteroatoms. The fraction of sp³-hybridized carbons (Fsp3) is 0.800. The van der Waals surface area contributed by atoms with E-state index in [2.05, 4.69) is 15.4 Å². The van der Waals surface area contributed by atoms with E-state index in [9.17, 15) is 17.8 Å². The zero-order valence-corrected chi connectivity index (χ0v) is 7.92. The van der Waals surface area contributed by atoms with Crippen molar-refractivity contribution in [2.24, 2.45) is 0 Å². The maximum atomic E-state index is 12.4. The Morgan fingerprint density at radius 1 is 1.58 bits per heavy atom. The number of ether oxygens (including phenoxy) is 1. The molecule has 0 spiro atoms. The van der Waals surface area contributed by atoms with Gasteiger partial charge in [-0.1, -0.05) is 0 Å². The van der Waals surface area contributed by atoms with Gasteiger partial charge in [0, 0.05) is 0 Å². The minimum atomic E-state index is -4.13. The van der Waals surface area contributed by atoms with Gasteiger partial charge >= 0.3 is 11.2 Å². The van der Waals surface area contributed by atoms with Crippen LogP contribution in [0.4, 0.5) is 8.78 Å². The lowest BCUT2D eigenvalue weighted by molar-refractivity contribution is -0.164. The Labute approximate surface area is 75.0 Å². The molecular weight excluding hydrogens is 214 g/mol. The Hall–Kier alpha value is -0.230. The summed E-state index contributed by atoms with van der Waals surface area (Å²) in [6.45, 7) is 2.79. The zero-order valence-electron chi connectivity index (χ0n) is 6.34. The highest BCUT2D eigenvalue weighted by molar-refractivity contribution is 8.09. The average molecular weight is 221 g/mol. The molecule has 1 atom stereocenters. The van der Waals surface area contributed by atoms with Gasteiger partial charge in [-0.2, -0.15) is 8.78 Å². The van der Waals surface area contributed by atoms with Gasteiger partial charge in [-0.15, -0.1) is 0 Å². The highest BCUT2D eigenvalue weighted by atomic mass is 35.7. The van der Waals surface area contributed by atoms with Crippen LogP contribution in [-0.4, -0.2) is 21.5 Å². The van der Waals surface area contributed by atoms with Crippen LogP contribution in [0.2, 0.25) is 0 Å². The third-order valence-corrected chi connectivity index (χ3v) is 1.93. The average Bonchev–Trinajstić information content (AvgIpc) is 1.85. The molecule has 0 N–H and O–H groups in total. The molecule has 0 aliphatic carbocycles.